The second-order valence-corrected chi connectivity index (χ2v) is 6.91. The minimum Gasteiger partial charge on any atom is -0.506 e. The maximum atomic E-state index is 13.0. The number of fused-ring (bicyclic) bond motifs is 1. The summed E-state index contributed by atoms with van der Waals surface area (Å²) in [5, 5.41) is 32.2. The number of nitrogens with one attached hydrogen (secondary N) is 1. The maximum Gasteiger partial charge on any atom is 0.251 e. The van der Waals surface area contributed by atoms with E-state index in [9.17, 15) is 24.6 Å². The highest BCUT2D eigenvalue weighted by atomic mass is 16.3. The number of aliphatic hydroxyl groups excluding tert-OH is 2. The number of hydrogen-bond acceptors (Lipinski definition) is 7. The van der Waals surface area contributed by atoms with Gasteiger partial charge in [0.2, 0.25) is 0 Å². The number of carbonyl (C=O) groups is 3. The van der Waals surface area contributed by atoms with Gasteiger partial charge in [0.15, 0.2) is 11.6 Å². The van der Waals surface area contributed by atoms with Gasteiger partial charge in [-0.1, -0.05) is 12.2 Å². The van der Waals surface area contributed by atoms with Crippen LogP contribution in [-0.4, -0.2) is 57.0 Å². The molecule has 0 fully saturated rings. The third-order valence-corrected chi connectivity index (χ3v) is 5.00. The first kappa shape index (κ1) is 21.4. The molecule has 0 saturated heterocycles. The number of pyridine rings is 1. The Bertz CT molecular complexity index is 1150. The van der Waals surface area contributed by atoms with E-state index in [1.165, 1.54) is 24.3 Å². The summed E-state index contributed by atoms with van der Waals surface area (Å²) in [4.78, 5) is 42.5. The van der Waals surface area contributed by atoms with Gasteiger partial charge >= 0.3 is 0 Å². The van der Waals surface area contributed by atoms with Crippen molar-refractivity contribution in [2.75, 3.05) is 13.2 Å². The molecule has 0 aliphatic heterocycles. The van der Waals surface area contributed by atoms with Gasteiger partial charge in [-0.15, -0.1) is 0 Å². The van der Waals surface area contributed by atoms with Gasteiger partial charge in [-0.2, -0.15) is 0 Å². The summed E-state index contributed by atoms with van der Waals surface area (Å²) in [6.45, 7) is 2.90. The van der Waals surface area contributed by atoms with E-state index in [1.54, 1.807) is 26.0 Å². The Labute approximate surface area is 172 Å². The molecule has 0 spiro atoms. The molecule has 30 heavy (non-hydrogen) atoms. The van der Waals surface area contributed by atoms with Crippen molar-refractivity contribution in [1.82, 2.24) is 10.3 Å². The average molecular weight is 410 g/mol. The van der Waals surface area contributed by atoms with Gasteiger partial charge in [-0.25, -0.2) is 4.98 Å². The lowest BCUT2D eigenvalue weighted by Gasteiger charge is -2.09. The molecule has 1 aromatic heterocycles. The second kappa shape index (κ2) is 8.56. The zero-order valence-corrected chi connectivity index (χ0v) is 16.5. The van der Waals surface area contributed by atoms with Crippen LogP contribution >= 0.6 is 0 Å². The predicted molar refractivity (Wildman–Crippen MR) is 109 cm³/mol. The van der Waals surface area contributed by atoms with E-state index in [0.717, 1.165) is 0 Å². The van der Waals surface area contributed by atoms with Crippen molar-refractivity contribution in [1.29, 1.82) is 0 Å². The number of rotatable bonds is 5. The number of Topliss-reactive ketones (excluding diaryl/α,β-unsaturated/α-hetero) is 2. The number of ketones is 2. The first-order chi connectivity index (χ1) is 14.3. The molecule has 0 bridgehead atoms. The Balaban J connectivity index is 1.98. The van der Waals surface area contributed by atoms with Crippen LogP contribution in [0.5, 0.6) is 5.75 Å². The molecule has 3 rings (SSSR count). The molecule has 1 aromatic carbocycles. The molecule has 0 radical (unpaired) electrons. The SMILES string of the molecule is C/C=c1/cc(O)c(C2C(=O)c3ccc(C(=O)NCC(O)CO)cc3C2=O)n/c1=C/C. The van der Waals surface area contributed by atoms with Crippen LogP contribution in [0.3, 0.4) is 0 Å². The summed E-state index contributed by atoms with van der Waals surface area (Å²) < 4.78 is 0. The topological polar surface area (TPSA) is 137 Å². The Morgan fingerprint density at radius 3 is 2.50 bits per heavy atom. The fraction of sp³-hybridized carbons (Fsp3) is 0.273. The Kier molecular flexibility index (Phi) is 6.09. The van der Waals surface area contributed by atoms with Crippen molar-refractivity contribution in [2.45, 2.75) is 25.9 Å². The number of aliphatic hydroxyl groups is 2. The third kappa shape index (κ3) is 3.74. The smallest absolute Gasteiger partial charge is 0.251 e. The number of aromatic hydroxyl groups is 1. The third-order valence-electron chi connectivity index (χ3n) is 5.00. The van der Waals surface area contributed by atoms with Gasteiger partial charge in [0.25, 0.3) is 5.91 Å². The first-order valence-electron chi connectivity index (χ1n) is 9.44. The largest absolute Gasteiger partial charge is 0.506 e. The van der Waals surface area contributed by atoms with E-state index < -0.39 is 36.1 Å². The summed E-state index contributed by atoms with van der Waals surface area (Å²) in [5.74, 6) is -3.11. The van der Waals surface area contributed by atoms with Crippen molar-refractivity contribution < 1.29 is 29.7 Å². The van der Waals surface area contributed by atoms with Gasteiger partial charge in [0.1, 0.15) is 17.4 Å². The highest BCUT2D eigenvalue weighted by Gasteiger charge is 2.42. The lowest BCUT2D eigenvalue weighted by atomic mass is 9.98. The molecule has 1 heterocycles. The minimum atomic E-state index is -1.28. The van der Waals surface area contributed by atoms with Crippen LogP contribution in [0.15, 0.2) is 24.3 Å². The first-order valence-corrected chi connectivity index (χ1v) is 9.44. The van der Waals surface area contributed by atoms with E-state index in [-0.39, 0.29) is 34.7 Å². The summed E-state index contributed by atoms with van der Waals surface area (Å²) in [6, 6.07) is 5.58. The van der Waals surface area contributed by atoms with Crippen molar-refractivity contribution in [3.63, 3.8) is 0 Å². The van der Waals surface area contributed by atoms with Gasteiger partial charge in [0, 0.05) is 23.2 Å². The maximum absolute atomic E-state index is 13.0. The van der Waals surface area contributed by atoms with E-state index in [4.69, 9.17) is 5.11 Å². The minimum absolute atomic E-state index is 0.0167. The van der Waals surface area contributed by atoms with Crippen LogP contribution in [0.1, 0.15) is 56.5 Å². The molecular formula is C22H22N2O6. The number of benzene rings is 1. The molecule has 1 aliphatic rings. The molecule has 2 aromatic rings. The molecular weight excluding hydrogens is 388 g/mol. The highest BCUT2D eigenvalue weighted by Crippen LogP contribution is 2.36. The zero-order chi connectivity index (χ0) is 22.0. The quantitative estimate of drug-likeness (QED) is 0.494. The lowest BCUT2D eigenvalue weighted by molar-refractivity contribution is 0.0801. The monoisotopic (exact) mass is 410 g/mol. The molecule has 2 unspecified atom stereocenters. The normalized spacial score (nSPS) is 17.9. The van der Waals surface area contributed by atoms with Crippen LogP contribution < -0.4 is 15.9 Å². The van der Waals surface area contributed by atoms with Gasteiger partial charge in [0.05, 0.1) is 18.1 Å². The molecule has 1 amide bonds. The summed E-state index contributed by atoms with van der Waals surface area (Å²) in [6.07, 6.45) is 2.38. The summed E-state index contributed by atoms with van der Waals surface area (Å²) in [5.41, 5.74) is 0.356. The molecule has 8 nitrogen and oxygen atoms in total. The number of hydrogen-bond donors (Lipinski definition) is 4. The number of nitrogens with zero attached hydrogens (tertiary/aromatic N) is 1. The molecule has 156 valence electrons. The van der Waals surface area contributed by atoms with Crippen LogP contribution in [-0.2, 0) is 0 Å². The fourth-order valence-corrected chi connectivity index (χ4v) is 3.38. The number of carbonyl (C=O) groups excluding carboxylic acids is 3. The van der Waals surface area contributed by atoms with E-state index in [0.29, 0.717) is 10.6 Å². The predicted octanol–water partition coefficient (Wildman–Crippen LogP) is -0.366. The lowest BCUT2D eigenvalue weighted by Crippen LogP contribution is -2.33. The Hall–Kier alpha value is -3.36. The Morgan fingerprint density at radius 2 is 1.87 bits per heavy atom. The number of amides is 1. The van der Waals surface area contributed by atoms with Crippen LogP contribution in [0.2, 0.25) is 0 Å². The van der Waals surface area contributed by atoms with Crippen LogP contribution in [0, 0.1) is 0 Å². The molecule has 2 atom stereocenters. The Morgan fingerprint density at radius 1 is 1.17 bits per heavy atom. The molecule has 8 heteroatoms. The fourth-order valence-electron chi connectivity index (χ4n) is 3.38. The zero-order valence-electron chi connectivity index (χ0n) is 16.5. The van der Waals surface area contributed by atoms with E-state index in [2.05, 4.69) is 10.3 Å². The summed E-state index contributed by atoms with van der Waals surface area (Å²) in [7, 11) is 0. The van der Waals surface area contributed by atoms with Crippen molar-refractivity contribution in [3.05, 3.63) is 57.2 Å². The van der Waals surface area contributed by atoms with Crippen molar-refractivity contribution >= 4 is 29.6 Å². The van der Waals surface area contributed by atoms with Crippen molar-refractivity contribution in [2.24, 2.45) is 0 Å². The van der Waals surface area contributed by atoms with Gasteiger partial charge in [-0.3, -0.25) is 14.4 Å². The number of aromatic nitrogens is 1. The molecule has 0 saturated carbocycles. The van der Waals surface area contributed by atoms with Crippen LogP contribution in [0.25, 0.3) is 12.2 Å². The average Bonchev–Trinajstić information content (AvgIpc) is 3.01. The second-order valence-electron chi connectivity index (χ2n) is 6.91. The van der Waals surface area contributed by atoms with Crippen molar-refractivity contribution in [3.8, 4) is 5.75 Å². The van der Waals surface area contributed by atoms with E-state index >= 15 is 0 Å². The van der Waals surface area contributed by atoms with Gasteiger partial charge in [-0.05, 0) is 43.3 Å². The van der Waals surface area contributed by atoms with Crippen LogP contribution in [0.4, 0.5) is 0 Å². The van der Waals surface area contributed by atoms with Gasteiger partial charge < -0.3 is 20.6 Å². The molecule has 1 aliphatic carbocycles. The summed E-state index contributed by atoms with van der Waals surface area (Å²) >= 11 is 0. The molecule has 4 N–H and O–H groups in total. The highest BCUT2D eigenvalue weighted by molar-refractivity contribution is 6.30. The van der Waals surface area contributed by atoms with E-state index in [1.807, 2.05) is 0 Å². The standard InChI is InChI=1S/C22H22N2O6/c1-3-11-8-17(27)19(24-16(11)4-2)18-20(28)14-6-5-12(7-15(14)21(18)29)22(30)23-9-13(26)10-25/h3-8,13,18,25-27H,9-10H2,1-2H3,(H,23,30)/b11-3-,16-4+.